The fraction of sp³-hybridized carbons (Fsp3) is 0.273. The van der Waals surface area contributed by atoms with Gasteiger partial charge in [-0.2, -0.15) is 5.11 Å². The topological polar surface area (TPSA) is 34.0 Å². The number of hydrogen-bond acceptors (Lipinski definition) is 3. The minimum Gasteiger partial charge on any atom is -0.497 e. The summed E-state index contributed by atoms with van der Waals surface area (Å²) in [5.41, 5.74) is 7.97. The van der Waals surface area contributed by atoms with Crippen molar-refractivity contribution in [3.05, 3.63) is 65.2 Å². The summed E-state index contributed by atoms with van der Waals surface area (Å²) in [6.07, 6.45) is 0. The number of azo groups is 1. The first-order valence-corrected chi connectivity index (χ1v) is 8.59. The second kappa shape index (κ2) is 7.06. The molecule has 0 radical (unpaired) electrons. The molecular weight excluding hydrogens is 308 g/mol. The second-order valence-corrected chi connectivity index (χ2v) is 6.71. The van der Waals surface area contributed by atoms with Crippen molar-refractivity contribution in [2.75, 3.05) is 7.11 Å². The smallest absolute Gasteiger partial charge is 0.119 e. The SMILES string of the molecule is COc1ccc(N=Nc2cc(C)c3cc(C(C)C)ccc(C)c2-3)cc1. The lowest BCUT2D eigenvalue weighted by Gasteiger charge is -2.03. The van der Waals surface area contributed by atoms with Gasteiger partial charge < -0.3 is 4.74 Å². The van der Waals surface area contributed by atoms with Gasteiger partial charge in [0.1, 0.15) is 5.75 Å². The molecule has 0 aromatic heterocycles. The van der Waals surface area contributed by atoms with Gasteiger partial charge in [-0.05, 0) is 72.4 Å². The molecule has 3 rings (SSSR count). The van der Waals surface area contributed by atoms with Crippen LogP contribution in [0.1, 0.15) is 36.5 Å². The lowest BCUT2D eigenvalue weighted by molar-refractivity contribution is 0.415. The van der Waals surface area contributed by atoms with E-state index in [2.05, 4.69) is 62.2 Å². The van der Waals surface area contributed by atoms with Crippen LogP contribution < -0.4 is 4.74 Å². The number of rotatable bonds is 4. The Kier molecular flexibility index (Phi) is 4.84. The first-order chi connectivity index (χ1) is 12.0. The monoisotopic (exact) mass is 332 g/mol. The van der Waals surface area contributed by atoms with E-state index in [9.17, 15) is 0 Å². The van der Waals surface area contributed by atoms with Crippen LogP contribution in [0.4, 0.5) is 11.4 Å². The van der Waals surface area contributed by atoms with Gasteiger partial charge >= 0.3 is 0 Å². The van der Waals surface area contributed by atoms with Crippen LogP contribution in [-0.2, 0) is 0 Å². The third-order valence-corrected chi connectivity index (χ3v) is 4.55. The van der Waals surface area contributed by atoms with E-state index in [1.165, 1.54) is 27.8 Å². The molecular formula is C22H24N2O. The molecule has 0 heterocycles. The van der Waals surface area contributed by atoms with Crippen LogP contribution in [0.5, 0.6) is 5.75 Å². The molecule has 0 atom stereocenters. The molecule has 0 bridgehead atoms. The molecule has 2 aliphatic carbocycles. The predicted molar refractivity (Wildman–Crippen MR) is 104 cm³/mol. The summed E-state index contributed by atoms with van der Waals surface area (Å²) in [4.78, 5) is 0. The largest absolute Gasteiger partial charge is 0.497 e. The highest BCUT2D eigenvalue weighted by Gasteiger charge is 2.16. The number of benzene rings is 1. The van der Waals surface area contributed by atoms with E-state index < -0.39 is 0 Å². The Morgan fingerprint density at radius 1 is 0.840 bits per heavy atom. The van der Waals surface area contributed by atoms with E-state index in [4.69, 9.17) is 4.74 Å². The molecule has 0 amide bonds. The molecule has 0 spiro atoms. The first kappa shape index (κ1) is 17.2. The molecule has 2 aliphatic rings. The van der Waals surface area contributed by atoms with Crippen molar-refractivity contribution >= 4 is 11.4 Å². The Balaban J connectivity index is 2.02. The maximum absolute atomic E-state index is 5.18. The predicted octanol–water partition coefficient (Wildman–Crippen LogP) is 6.96. The summed E-state index contributed by atoms with van der Waals surface area (Å²) in [6, 6.07) is 16.4. The third kappa shape index (κ3) is 3.55. The molecule has 0 unspecified atom stereocenters. The van der Waals surface area contributed by atoms with Crippen molar-refractivity contribution in [2.45, 2.75) is 33.6 Å². The van der Waals surface area contributed by atoms with Gasteiger partial charge in [-0.3, -0.25) is 0 Å². The molecule has 3 heteroatoms. The number of fused-ring (bicyclic) bond motifs is 1. The number of ether oxygens (including phenoxy) is 1. The van der Waals surface area contributed by atoms with Crippen LogP contribution in [0, 0.1) is 13.8 Å². The van der Waals surface area contributed by atoms with Gasteiger partial charge in [0.2, 0.25) is 0 Å². The minimum atomic E-state index is 0.494. The quantitative estimate of drug-likeness (QED) is 0.476. The number of aryl methyl sites for hydroxylation is 2. The summed E-state index contributed by atoms with van der Waals surface area (Å²) >= 11 is 0. The fourth-order valence-corrected chi connectivity index (χ4v) is 3.01. The zero-order chi connectivity index (χ0) is 18.0. The Bertz CT molecular complexity index is 879. The molecule has 128 valence electrons. The summed E-state index contributed by atoms with van der Waals surface area (Å²) in [5.74, 6) is 1.31. The Labute approximate surface area is 149 Å². The summed E-state index contributed by atoms with van der Waals surface area (Å²) in [6.45, 7) is 8.72. The molecule has 1 aromatic rings. The molecule has 0 saturated heterocycles. The van der Waals surface area contributed by atoms with Gasteiger partial charge in [0.25, 0.3) is 0 Å². The Morgan fingerprint density at radius 3 is 2.20 bits per heavy atom. The van der Waals surface area contributed by atoms with Gasteiger partial charge in [-0.25, -0.2) is 0 Å². The lowest BCUT2D eigenvalue weighted by Crippen LogP contribution is -1.83. The van der Waals surface area contributed by atoms with Crippen molar-refractivity contribution in [1.82, 2.24) is 0 Å². The highest BCUT2D eigenvalue weighted by atomic mass is 16.5. The summed E-state index contributed by atoms with van der Waals surface area (Å²) in [7, 11) is 1.66. The number of methoxy groups -OCH3 is 1. The molecule has 0 aliphatic heterocycles. The minimum absolute atomic E-state index is 0.494. The molecule has 0 N–H and O–H groups in total. The van der Waals surface area contributed by atoms with E-state index in [0.29, 0.717) is 5.92 Å². The second-order valence-electron chi connectivity index (χ2n) is 6.71. The average Bonchev–Trinajstić information content (AvgIpc) is 2.80. The maximum Gasteiger partial charge on any atom is 0.119 e. The molecule has 0 fully saturated rings. The van der Waals surface area contributed by atoms with Crippen LogP contribution in [-0.4, -0.2) is 7.11 Å². The summed E-state index contributed by atoms with van der Waals surface area (Å²) < 4.78 is 5.18. The molecule has 1 aromatic carbocycles. The zero-order valence-electron chi connectivity index (χ0n) is 15.5. The van der Waals surface area contributed by atoms with E-state index in [1.807, 2.05) is 24.3 Å². The zero-order valence-corrected chi connectivity index (χ0v) is 15.5. The molecule has 0 saturated carbocycles. The van der Waals surface area contributed by atoms with Crippen LogP contribution in [0.25, 0.3) is 11.1 Å². The van der Waals surface area contributed by atoms with Crippen molar-refractivity contribution in [3.8, 4) is 16.9 Å². The standard InChI is InChI=1S/C22H24N2O/c1-14(2)17-7-6-15(3)22-20(13-17)16(4)12-21(22)24-23-18-8-10-19(25-5)11-9-18/h6-14H,1-5H3. The van der Waals surface area contributed by atoms with Crippen molar-refractivity contribution in [2.24, 2.45) is 10.2 Å². The van der Waals surface area contributed by atoms with Gasteiger partial charge in [-0.15, -0.1) is 5.11 Å². The Morgan fingerprint density at radius 2 is 1.56 bits per heavy atom. The van der Waals surface area contributed by atoms with Crippen molar-refractivity contribution in [3.63, 3.8) is 0 Å². The van der Waals surface area contributed by atoms with Gasteiger partial charge in [0.05, 0.1) is 18.5 Å². The van der Waals surface area contributed by atoms with Crippen LogP contribution in [0.3, 0.4) is 0 Å². The maximum atomic E-state index is 5.18. The third-order valence-electron chi connectivity index (χ3n) is 4.55. The van der Waals surface area contributed by atoms with Crippen LogP contribution in [0.15, 0.2) is 58.8 Å². The van der Waals surface area contributed by atoms with E-state index in [-0.39, 0.29) is 0 Å². The number of hydrogen-bond donors (Lipinski definition) is 0. The van der Waals surface area contributed by atoms with E-state index in [0.717, 1.165) is 17.1 Å². The highest BCUT2D eigenvalue weighted by Crippen LogP contribution is 2.41. The van der Waals surface area contributed by atoms with Gasteiger partial charge in [0.15, 0.2) is 0 Å². The van der Waals surface area contributed by atoms with Crippen molar-refractivity contribution < 1.29 is 4.74 Å². The van der Waals surface area contributed by atoms with Crippen molar-refractivity contribution in [1.29, 1.82) is 0 Å². The first-order valence-electron chi connectivity index (χ1n) is 8.59. The Hall–Kier alpha value is -2.68. The number of nitrogens with zero attached hydrogens (tertiary/aromatic N) is 2. The normalized spacial score (nSPS) is 11.6. The lowest BCUT2D eigenvalue weighted by atomic mass is 10.0. The molecule has 25 heavy (non-hydrogen) atoms. The van der Waals surface area contributed by atoms with Crippen LogP contribution >= 0.6 is 0 Å². The summed E-state index contributed by atoms with van der Waals surface area (Å²) in [5, 5.41) is 8.93. The van der Waals surface area contributed by atoms with E-state index >= 15 is 0 Å². The van der Waals surface area contributed by atoms with Gasteiger partial charge in [-0.1, -0.05) is 32.0 Å². The highest BCUT2D eigenvalue weighted by molar-refractivity contribution is 5.85. The van der Waals surface area contributed by atoms with Crippen LogP contribution in [0.2, 0.25) is 0 Å². The van der Waals surface area contributed by atoms with E-state index in [1.54, 1.807) is 7.11 Å². The average molecular weight is 332 g/mol. The molecule has 3 nitrogen and oxygen atoms in total. The fourth-order valence-electron chi connectivity index (χ4n) is 3.01. The van der Waals surface area contributed by atoms with Gasteiger partial charge in [0, 0.05) is 5.56 Å².